The van der Waals surface area contributed by atoms with Gasteiger partial charge < -0.3 is 0 Å². The van der Waals surface area contributed by atoms with Gasteiger partial charge in [0, 0.05) is 6.42 Å². The van der Waals surface area contributed by atoms with E-state index in [1.54, 1.807) is 0 Å². The molecule has 1 aromatic carbocycles. The summed E-state index contributed by atoms with van der Waals surface area (Å²) in [6, 6.07) is 6.36. The average Bonchev–Trinajstić information content (AvgIpc) is 2.42. The monoisotopic (exact) mass is 172 g/mol. The van der Waals surface area contributed by atoms with Gasteiger partial charge >= 0.3 is 0 Å². The molecule has 1 aliphatic carbocycles. The van der Waals surface area contributed by atoms with Crippen LogP contribution in [0.15, 0.2) is 23.8 Å². The van der Waals surface area contributed by atoms with Crippen molar-refractivity contribution in [2.24, 2.45) is 0 Å². The van der Waals surface area contributed by atoms with Gasteiger partial charge in [-0.25, -0.2) is 0 Å². The number of carbonyl (C=O) groups excluding carboxylic acids is 1. The number of benzene rings is 1. The van der Waals surface area contributed by atoms with Gasteiger partial charge in [-0.05, 0) is 36.1 Å². The number of rotatable bonds is 1. The van der Waals surface area contributed by atoms with Crippen LogP contribution < -0.4 is 0 Å². The van der Waals surface area contributed by atoms with E-state index in [2.05, 4.69) is 25.1 Å². The lowest BCUT2D eigenvalue weighted by Gasteiger charge is -2.01. The summed E-state index contributed by atoms with van der Waals surface area (Å²) >= 11 is 0. The van der Waals surface area contributed by atoms with Crippen LogP contribution in [0, 0.1) is 6.92 Å². The minimum absolute atomic E-state index is 0.812. The van der Waals surface area contributed by atoms with Crippen LogP contribution in [-0.2, 0) is 11.2 Å². The highest BCUT2D eigenvalue weighted by Gasteiger charge is 2.17. The number of fused-ring (bicyclic) bond motifs is 1. The molecule has 0 spiro atoms. The molecule has 0 atom stereocenters. The van der Waals surface area contributed by atoms with Crippen molar-refractivity contribution in [3.05, 3.63) is 40.5 Å². The molecule has 1 heteroatoms. The number of carbonyl (C=O) groups is 1. The Bertz CT molecular complexity index is 400. The molecular formula is C12H12O. The Hall–Kier alpha value is -1.37. The summed E-state index contributed by atoms with van der Waals surface area (Å²) in [7, 11) is 0. The maximum Gasteiger partial charge on any atom is 0.146 e. The normalized spacial score (nSPS) is 14.6. The SMILES string of the molecule is CC1=C(C=O)Cc2cc(C)ccc21. The molecule has 0 fully saturated rings. The molecule has 1 aromatic rings. The Morgan fingerprint density at radius 3 is 2.77 bits per heavy atom. The predicted molar refractivity (Wildman–Crippen MR) is 53.5 cm³/mol. The lowest BCUT2D eigenvalue weighted by Crippen LogP contribution is -1.85. The maximum atomic E-state index is 10.7. The van der Waals surface area contributed by atoms with Crippen LogP contribution in [0.4, 0.5) is 0 Å². The van der Waals surface area contributed by atoms with Gasteiger partial charge in [-0.2, -0.15) is 0 Å². The van der Waals surface area contributed by atoms with E-state index in [-0.39, 0.29) is 0 Å². The van der Waals surface area contributed by atoms with Crippen molar-refractivity contribution >= 4 is 11.9 Å². The van der Waals surface area contributed by atoms with E-state index in [4.69, 9.17) is 0 Å². The fourth-order valence-corrected chi connectivity index (χ4v) is 1.88. The zero-order chi connectivity index (χ0) is 9.42. The van der Waals surface area contributed by atoms with Gasteiger partial charge in [-0.15, -0.1) is 0 Å². The molecule has 1 aliphatic rings. The molecule has 66 valence electrons. The summed E-state index contributed by atoms with van der Waals surface area (Å²) in [6.07, 6.45) is 1.79. The van der Waals surface area contributed by atoms with Crippen LogP contribution in [0.25, 0.3) is 5.57 Å². The Balaban J connectivity index is 2.55. The molecule has 0 bridgehead atoms. The van der Waals surface area contributed by atoms with Crippen LogP contribution in [-0.4, -0.2) is 6.29 Å². The lowest BCUT2D eigenvalue weighted by atomic mass is 10.0. The third kappa shape index (κ3) is 1.21. The Morgan fingerprint density at radius 2 is 2.08 bits per heavy atom. The van der Waals surface area contributed by atoms with Crippen molar-refractivity contribution in [2.75, 3.05) is 0 Å². The van der Waals surface area contributed by atoms with E-state index < -0.39 is 0 Å². The molecule has 0 saturated carbocycles. The van der Waals surface area contributed by atoms with E-state index >= 15 is 0 Å². The van der Waals surface area contributed by atoms with Gasteiger partial charge in [-0.3, -0.25) is 4.79 Å². The fraction of sp³-hybridized carbons (Fsp3) is 0.250. The highest BCUT2D eigenvalue weighted by Crippen LogP contribution is 2.31. The molecule has 0 aliphatic heterocycles. The summed E-state index contributed by atoms with van der Waals surface area (Å²) in [4.78, 5) is 10.7. The Morgan fingerprint density at radius 1 is 1.31 bits per heavy atom. The van der Waals surface area contributed by atoms with Crippen LogP contribution in [0.3, 0.4) is 0 Å². The van der Waals surface area contributed by atoms with Gasteiger partial charge in [0.25, 0.3) is 0 Å². The summed E-state index contributed by atoms with van der Waals surface area (Å²) in [6.45, 7) is 4.10. The quantitative estimate of drug-likeness (QED) is 0.595. The zero-order valence-electron chi connectivity index (χ0n) is 7.92. The minimum atomic E-state index is 0.812. The largest absolute Gasteiger partial charge is 0.298 e. The van der Waals surface area contributed by atoms with Crippen LogP contribution in [0.1, 0.15) is 23.6 Å². The Labute approximate surface area is 78.1 Å². The third-order valence-corrected chi connectivity index (χ3v) is 2.67. The first kappa shape index (κ1) is 8.24. The molecule has 0 radical (unpaired) electrons. The molecule has 2 rings (SSSR count). The number of hydrogen-bond acceptors (Lipinski definition) is 1. The molecule has 0 amide bonds. The number of hydrogen-bond donors (Lipinski definition) is 0. The molecule has 0 N–H and O–H groups in total. The fourth-order valence-electron chi connectivity index (χ4n) is 1.88. The van der Waals surface area contributed by atoms with Gasteiger partial charge in [0.1, 0.15) is 6.29 Å². The van der Waals surface area contributed by atoms with E-state index in [1.165, 1.54) is 16.7 Å². The predicted octanol–water partition coefficient (Wildman–Crippen LogP) is 2.52. The average molecular weight is 172 g/mol. The van der Waals surface area contributed by atoms with Gasteiger partial charge in [-0.1, -0.05) is 23.8 Å². The third-order valence-electron chi connectivity index (χ3n) is 2.67. The second-order valence-corrected chi connectivity index (χ2v) is 3.61. The molecule has 0 heterocycles. The molecule has 1 nitrogen and oxygen atoms in total. The van der Waals surface area contributed by atoms with Crippen molar-refractivity contribution in [1.29, 1.82) is 0 Å². The van der Waals surface area contributed by atoms with Crippen molar-refractivity contribution in [1.82, 2.24) is 0 Å². The van der Waals surface area contributed by atoms with E-state index in [9.17, 15) is 4.79 Å². The summed E-state index contributed by atoms with van der Waals surface area (Å²) in [5.74, 6) is 0. The van der Waals surface area contributed by atoms with Gasteiger partial charge in [0.2, 0.25) is 0 Å². The first-order valence-corrected chi connectivity index (χ1v) is 4.47. The summed E-state index contributed by atoms with van der Waals surface area (Å²) < 4.78 is 0. The van der Waals surface area contributed by atoms with Gasteiger partial charge in [0.15, 0.2) is 0 Å². The minimum Gasteiger partial charge on any atom is -0.298 e. The lowest BCUT2D eigenvalue weighted by molar-refractivity contribution is -0.104. The standard InChI is InChI=1S/C12H12O/c1-8-3-4-12-9(2)11(7-13)6-10(12)5-8/h3-5,7H,6H2,1-2H3. The number of aldehydes is 1. The van der Waals surface area contributed by atoms with Crippen molar-refractivity contribution in [2.45, 2.75) is 20.3 Å². The van der Waals surface area contributed by atoms with Crippen molar-refractivity contribution in [3.8, 4) is 0 Å². The highest BCUT2D eigenvalue weighted by atomic mass is 16.1. The van der Waals surface area contributed by atoms with Crippen molar-refractivity contribution in [3.63, 3.8) is 0 Å². The second-order valence-electron chi connectivity index (χ2n) is 3.61. The van der Waals surface area contributed by atoms with Crippen molar-refractivity contribution < 1.29 is 4.79 Å². The first-order valence-electron chi connectivity index (χ1n) is 4.47. The molecule has 0 saturated heterocycles. The van der Waals surface area contributed by atoms with Gasteiger partial charge in [0.05, 0.1) is 0 Å². The van der Waals surface area contributed by atoms with Crippen LogP contribution in [0.5, 0.6) is 0 Å². The highest BCUT2D eigenvalue weighted by molar-refractivity contribution is 5.92. The zero-order valence-corrected chi connectivity index (χ0v) is 7.92. The van der Waals surface area contributed by atoms with Crippen LogP contribution >= 0.6 is 0 Å². The van der Waals surface area contributed by atoms with E-state index in [0.717, 1.165) is 23.9 Å². The second kappa shape index (κ2) is 2.84. The Kier molecular flexibility index (Phi) is 1.80. The topological polar surface area (TPSA) is 17.1 Å². The smallest absolute Gasteiger partial charge is 0.146 e. The van der Waals surface area contributed by atoms with Crippen LogP contribution in [0.2, 0.25) is 0 Å². The maximum absolute atomic E-state index is 10.7. The summed E-state index contributed by atoms with van der Waals surface area (Å²) in [5, 5.41) is 0. The first-order chi connectivity index (χ1) is 6.22. The molecule has 13 heavy (non-hydrogen) atoms. The molecule has 0 unspecified atom stereocenters. The number of allylic oxidation sites excluding steroid dienone is 2. The number of aryl methyl sites for hydroxylation is 1. The molecular weight excluding hydrogens is 160 g/mol. The summed E-state index contributed by atoms with van der Waals surface area (Å²) in [5.41, 5.74) is 5.87. The molecule has 0 aromatic heterocycles. The van der Waals surface area contributed by atoms with E-state index in [1.807, 2.05) is 6.92 Å². The van der Waals surface area contributed by atoms with E-state index in [0.29, 0.717) is 0 Å².